The Hall–Kier alpha value is -2.51. The maximum Gasteiger partial charge on any atom is 0.270 e. The molecule has 1 aromatic heterocycles. The largest absolute Gasteiger partial charge is 0.379 e. The van der Waals surface area contributed by atoms with Gasteiger partial charge >= 0.3 is 0 Å². The second-order valence-corrected chi connectivity index (χ2v) is 6.28. The van der Waals surface area contributed by atoms with E-state index in [-0.39, 0.29) is 5.91 Å². The lowest BCUT2D eigenvalue weighted by atomic mass is 10.1. The van der Waals surface area contributed by atoms with Crippen molar-refractivity contribution in [2.45, 2.75) is 13.5 Å². The fourth-order valence-corrected chi connectivity index (χ4v) is 2.82. The third-order valence-corrected chi connectivity index (χ3v) is 4.44. The van der Waals surface area contributed by atoms with E-state index in [2.05, 4.69) is 25.5 Å². The highest BCUT2D eigenvalue weighted by Crippen LogP contribution is 2.08. The number of carbonyl (C=O) groups excluding carboxylic acids is 1. The summed E-state index contributed by atoms with van der Waals surface area (Å²) in [5.74, 6) is 0.459. The zero-order chi connectivity index (χ0) is 18.2. The molecule has 2 heterocycles. The van der Waals surface area contributed by atoms with Crippen molar-refractivity contribution >= 4 is 11.7 Å². The van der Waals surface area contributed by atoms with Gasteiger partial charge in [0, 0.05) is 38.8 Å². The van der Waals surface area contributed by atoms with Crippen LogP contribution in [0.5, 0.6) is 0 Å². The zero-order valence-electron chi connectivity index (χ0n) is 15.1. The number of nitrogens with one attached hydrogen (secondary N) is 2. The van der Waals surface area contributed by atoms with E-state index in [4.69, 9.17) is 4.74 Å². The first kappa shape index (κ1) is 18.3. The topological polar surface area (TPSA) is 79.4 Å². The van der Waals surface area contributed by atoms with Gasteiger partial charge < -0.3 is 15.4 Å². The van der Waals surface area contributed by atoms with E-state index in [1.165, 1.54) is 6.33 Å². The van der Waals surface area contributed by atoms with Crippen LogP contribution < -0.4 is 10.6 Å². The Bertz CT molecular complexity index is 731. The lowest BCUT2D eigenvalue weighted by molar-refractivity contribution is 0.0398. The third kappa shape index (κ3) is 5.24. The van der Waals surface area contributed by atoms with Crippen LogP contribution >= 0.6 is 0 Å². The number of benzene rings is 1. The predicted molar refractivity (Wildman–Crippen MR) is 100 cm³/mol. The number of rotatable bonds is 7. The normalized spacial score (nSPS) is 14.8. The highest BCUT2D eigenvalue weighted by molar-refractivity contribution is 5.92. The molecule has 1 fully saturated rings. The number of morpholine rings is 1. The molecule has 3 rings (SSSR count). The van der Waals surface area contributed by atoms with Gasteiger partial charge in [-0.2, -0.15) is 0 Å². The molecule has 0 aliphatic carbocycles. The monoisotopic (exact) mass is 355 g/mol. The Morgan fingerprint density at radius 3 is 2.85 bits per heavy atom. The van der Waals surface area contributed by atoms with E-state index in [0.29, 0.717) is 18.1 Å². The Morgan fingerprint density at radius 1 is 1.23 bits per heavy atom. The number of hydrogen-bond acceptors (Lipinski definition) is 6. The fourth-order valence-electron chi connectivity index (χ4n) is 2.82. The zero-order valence-corrected chi connectivity index (χ0v) is 15.1. The number of hydrogen-bond donors (Lipinski definition) is 2. The third-order valence-electron chi connectivity index (χ3n) is 4.44. The number of anilines is 1. The predicted octanol–water partition coefficient (Wildman–Crippen LogP) is 1.46. The Morgan fingerprint density at radius 2 is 2.04 bits per heavy atom. The summed E-state index contributed by atoms with van der Waals surface area (Å²) in [6, 6.07) is 9.68. The molecule has 138 valence electrons. The smallest absolute Gasteiger partial charge is 0.270 e. The summed E-state index contributed by atoms with van der Waals surface area (Å²) in [6.45, 7) is 7.69. The summed E-state index contributed by atoms with van der Waals surface area (Å²) in [7, 11) is 0. The molecule has 26 heavy (non-hydrogen) atoms. The van der Waals surface area contributed by atoms with Crippen molar-refractivity contribution in [1.29, 1.82) is 0 Å². The van der Waals surface area contributed by atoms with Gasteiger partial charge in [-0.1, -0.05) is 24.3 Å². The first-order chi connectivity index (χ1) is 12.7. The highest BCUT2D eigenvalue weighted by Gasteiger charge is 2.11. The minimum atomic E-state index is -0.202. The number of ether oxygens (including phenoxy) is 1. The van der Waals surface area contributed by atoms with Crippen LogP contribution in [-0.4, -0.2) is 60.2 Å². The summed E-state index contributed by atoms with van der Waals surface area (Å²) in [4.78, 5) is 23.0. The molecule has 0 spiro atoms. The van der Waals surface area contributed by atoms with Gasteiger partial charge in [0.25, 0.3) is 5.91 Å². The van der Waals surface area contributed by atoms with Crippen LogP contribution in [0.3, 0.4) is 0 Å². The van der Waals surface area contributed by atoms with Crippen LogP contribution in [0.4, 0.5) is 5.82 Å². The van der Waals surface area contributed by atoms with Crippen molar-refractivity contribution in [3.8, 4) is 0 Å². The molecule has 0 saturated carbocycles. The molecule has 1 saturated heterocycles. The number of carbonyl (C=O) groups is 1. The second-order valence-electron chi connectivity index (χ2n) is 6.28. The molecule has 1 aromatic carbocycles. The van der Waals surface area contributed by atoms with Crippen molar-refractivity contribution < 1.29 is 9.53 Å². The summed E-state index contributed by atoms with van der Waals surface area (Å²) in [5, 5.41) is 6.17. The van der Waals surface area contributed by atoms with Crippen molar-refractivity contribution in [2.75, 3.05) is 44.7 Å². The first-order valence-corrected chi connectivity index (χ1v) is 8.91. The molecule has 7 heteroatoms. The minimum absolute atomic E-state index is 0.202. The van der Waals surface area contributed by atoms with Gasteiger partial charge in [0.15, 0.2) is 0 Å². The molecule has 0 atom stereocenters. The molecule has 2 aromatic rings. The number of amides is 1. The molecule has 0 radical (unpaired) electrons. The second kappa shape index (κ2) is 9.26. The van der Waals surface area contributed by atoms with Crippen molar-refractivity contribution in [3.05, 3.63) is 53.5 Å². The van der Waals surface area contributed by atoms with Crippen LogP contribution in [0.2, 0.25) is 0 Å². The number of nitrogens with zero attached hydrogens (tertiary/aromatic N) is 3. The summed E-state index contributed by atoms with van der Waals surface area (Å²) < 4.78 is 5.34. The standard InChI is InChI=1S/C19H25N5O2/c1-15-4-2-3-5-16(15)13-21-19(25)17-12-18(23-14-22-17)20-6-7-24-8-10-26-11-9-24/h2-5,12,14H,6-11,13H2,1H3,(H,21,25)(H,20,22,23). The van der Waals surface area contributed by atoms with Gasteiger partial charge in [0.05, 0.1) is 13.2 Å². The average Bonchev–Trinajstić information content (AvgIpc) is 2.68. The van der Waals surface area contributed by atoms with Crippen molar-refractivity contribution in [2.24, 2.45) is 0 Å². The molecule has 1 amide bonds. The summed E-state index contributed by atoms with van der Waals surface area (Å²) in [6.07, 6.45) is 1.42. The molecule has 0 unspecified atom stereocenters. The van der Waals surface area contributed by atoms with Crippen LogP contribution in [0.15, 0.2) is 36.7 Å². The number of aromatic nitrogens is 2. The lowest BCUT2D eigenvalue weighted by Crippen LogP contribution is -2.39. The van der Waals surface area contributed by atoms with Crippen molar-refractivity contribution in [3.63, 3.8) is 0 Å². The molecule has 2 N–H and O–H groups in total. The molecular weight excluding hydrogens is 330 g/mol. The number of aryl methyl sites for hydroxylation is 1. The SMILES string of the molecule is Cc1ccccc1CNC(=O)c1cc(NCCN2CCOCC2)ncn1. The van der Waals surface area contributed by atoms with Gasteiger partial charge in [-0.25, -0.2) is 9.97 Å². The Kier molecular flexibility index (Phi) is 6.51. The van der Waals surface area contributed by atoms with E-state index in [0.717, 1.165) is 50.5 Å². The van der Waals surface area contributed by atoms with Gasteiger partial charge in [-0.15, -0.1) is 0 Å². The maximum atomic E-state index is 12.4. The van der Waals surface area contributed by atoms with E-state index in [1.54, 1.807) is 6.07 Å². The van der Waals surface area contributed by atoms with Gasteiger partial charge in [0.2, 0.25) is 0 Å². The van der Waals surface area contributed by atoms with E-state index in [9.17, 15) is 4.79 Å². The molecule has 7 nitrogen and oxygen atoms in total. The van der Waals surface area contributed by atoms with Crippen LogP contribution in [0.25, 0.3) is 0 Å². The summed E-state index contributed by atoms with van der Waals surface area (Å²) in [5.41, 5.74) is 2.61. The van der Waals surface area contributed by atoms with Crippen LogP contribution in [-0.2, 0) is 11.3 Å². The maximum absolute atomic E-state index is 12.4. The molecular formula is C19H25N5O2. The molecule has 1 aliphatic rings. The Balaban J connectivity index is 1.49. The molecule has 0 bridgehead atoms. The minimum Gasteiger partial charge on any atom is -0.379 e. The lowest BCUT2D eigenvalue weighted by Gasteiger charge is -2.26. The van der Waals surface area contributed by atoms with Crippen LogP contribution in [0, 0.1) is 6.92 Å². The van der Waals surface area contributed by atoms with E-state index >= 15 is 0 Å². The van der Waals surface area contributed by atoms with Crippen molar-refractivity contribution in [1.82, 2.24) is 20.2 Å². The quantitative estimate of drug-likeness (QED) is 0.783. The van der Waals surface area contributed by atoms with Crippen LogP contribution in [0.1, 0.15) is 21.6 Å². The first-order valence-electron chi connectivity index (χ1n) is 8.91. The van der Waals surface area contributed by atoms with E-state index in [1.807, 2.05) is 31.2 Å². The summed E-state index contributed by atoms with van der Waals surface area (Å²) >= 11 is 0. The van der Waals surface area contributed by atoms with Gasteiger partial charge in [-0.05, 0) is 18.1 Å². The fraction of sp³-hybridized carbons (Fsp3) is 0.421. The van der Waals surface area contributed by atoms with Gasteiger partial charge in [-0.3, -0.25) is 9.69 Å². The Labute approximate surface area is 153 Å². The van der Waals surface area contributed by atoms with E-state index < -0.39 is 0 Å². The highest BCUT2D eigenvalue weighted by atomic mass is 16.5. The molecule has 1 aliphatic heterocycles. The average molecular weight is 355 g/mol. The van der Waals surface area contributed by atoms with Gasteiger partial charge in [0.1, 0.15) is 17.8 Å².